The maximum atomic E-state index is 12.3. The molecule has 0 saturated carbocycles. The van der Waals surface area contributed by atoms with E-state index in [-0.39, 0.29) is 17.7 Å². The predicted molar refractivity (Wildman–Crippen MR) is 87.6 cm³/mol. The molecule has 0 spiro atoms. The molecular formula is C17H20N4O2. The summed E-state index contributed by atoms with van der Waals surface area (Å²) in [7, 11) is 0. The summed E-state index contributed by atoms with van der Waals surface area (Å²) in [6.07, 6.45) is 4.84. The summed E-state index contributed by atoms with van der Waals surface area (Å²) in [4.78, 5) is 32.5. The minimum Gasteiger partial charge on any atom is -0.345 e. The number of carbonyl (C=O) groups excluding carboxylic acids is 2. The van der Waals surface area contributed by atoms with E-state index in [2.05, 4.69) is 15.3 Å². The number of nitrogens with one attached hydrogen (secondary N) is 2. The van der Waals surface area contributed by atoms with Gasteiger partial charge in [-0.1, -0.05) is 12.1 Å². The Hall–Kier alpha value is -2.63. The van der Waals surface area contributed by atoms with Crippen molar-refractivity contribution in [2.75, 3.05) is 18.4 Å². The van der Waals surface area contributed by atoms with Gasteiger partial charge in [-0.05, 0) is 30.5 Å². The van der Waals surface area contributed by atoms with Crippen molar-refractivity contribution in [1.29, 1.82) is 0 Å². The lowest BCUT2D eigenvalue weighted by atomic mass is 9.95. The summed E-state index contributed by atoms with van der Waals surface area (Å²) >= 11 is 0. The van der Waals surface area contributed by atoms with E-state index in [1.165, 1.54) is 0 Å². The SMILES string of the molecule is CC(=O)N1CCC(C(=O)Nc2ccc(-c3cnc[nH]3)cc2)CC1. The zero-order valence-electron chi connectivity index (χ0n) is 13.1. The van der Waals surface area contributed by atoms with E-state index < -0.39 is 0 Å². The highest BCUT2D eigenvalue weighted by atomic mass is 16.2. The number of benzene rings is 1. The first kappa shape index (κ1) is 15.3. The highest BCUT2D eigenvalue weighted by Gasteiger charge is 2.25. The molecule has 0 radical (unpaired) electrons. The molecule has 3 rings (SSSR count). The van der Waals surface area contributed by atoms with Gasteiger partial charge < -0.3 is 15.2 Å². The van der Waals surface area contributed by atoms with Crippen molar-refractivity contribution in [2.24, 2.45) is 5.92 Å². The highest BCUT2D eigenvalue weighted by Crippen LogP contribution is 2.22. The summed E-state index contributed by atoms with van der Waals surface area (Å²) in [6, 6.07) is 7.67. The first-order chi connectivity index (χ1) is 11.1. The molecule has 1 aromatic carbocycles. The Labute approximate surface area is 134 Å². The summed E-state index contributed by atoms with van der Waals surface area (Å²) in [5.41, 5.74) is 2.75. The maximum absolute atomic E-state index is 12.3. The van der Waals surface area contributed by atoms with Crippen LogP contribution < -0.4 is 5.32 Å². The Balaban J connectivity index is 1.57. The molecular weight excluding hydrogens is 292 g/mol. The Kier molecular flexibility index (Phi) is 4.41. The largest absolute Gasteiger partial charge is 0.345 e. The second-order valence-corrected chi connectivity index (χ2v) is 5.81. The van der Waals surface area contributed by atoms with E-state index in [0.717, 1.165) is 29.8 Å². The fourth-order valence-corrected chi connectivity index (χ4v) is 2.85. The quantitative estimate of drug-likeness (QED) is 0.912. The standard InChI is InChI=1S/C17H20N4O2/c1-12(22)21-8-6-14(7-9-21)17(23)20-15-4-2-13(3-5-15)16-10-18-11-19-16/h2-5,10-11,14H,6-9H2,1H3,(H,18,19)(H,20,23). The molecule has 1 aromatic heterocycles. The van der Waals surface area contributed by atoms with Crippen molar-refractivity contribution in [2.45, 2.75) is 19.8 Å². The van der Waals surface area contributed by atoms with Crippen molar-refractivity contribution in [3.05, 3.63) is 36.8 Å². The van der Waals surface area contributed by atoms with Crippen LogP contribution >= 0.6 is 0 Å². The number of imidazole rings is 1. The molecule has 2 N–H and O–H groups in total. The van der Waals surface area contributed by atoms with Crippen LogP contribution in [0.1, 0.15) is 19.8 Å². The molecule has 2 aromatic rings. The van der Waals surface area contributed by atoms with Gasteiger partial charge >= 0.3 is 0 Å². The van der Waals surface area contributed by atoms with Crippen molar-refractivity contribution in [1.82, 2.24) is 14.9 Å². The van der Waals surface area contributed by atoms with Gasteiger partial charge in [0.2, 0.25) is 11.8 Å². The van der Waals surface area contributed by atoms with Gasteiger partial charge in [-0.3, -0.25) is 9.59 Å². The summed E-state index contributed by atoms with van der Waals surface area (Å²) in [5, 5.41) is 2.96. The molecule has 23 heavy (non-hydrogen) atoms. The third-order valence-corrected chi connectivity index (χ3v) is 4.27. The molecule has 0 bridgehead atoms. The van der Waals surface area contributed by atoms with Crippen LogP contribution in [0.5, 0.6) is 0 Å². The number of piperidine rings is 1. The molecule has 120 valence electrons. The van der Waals surface area contributed by atoms with E-state index >= 15 is 0 Å². The van der Waals surface area contributed by atoms with Gasteiger partial charge in [-0.15, -0.1) is 0 Å². The molecule has 1 aliphatic heterocycles. The van der Waals surface area contributed by atoms with Crippen LogP contribution in [-0.2, 0) is 9.59 Å². The second kappa shape index (κ2) is 6.64. The van der Waals surface area contributed by atoms with E-state index in [9.17, 15) is 9.59 Å². The average Bonchev–Trinajstić information content (AvgIpc) is 3.10. The van der Waals surface area contributed by atoms with Gasteiger partial charge in [0.25, 0.3) is 0 Å². The third kappa shape index (κ3) is 3.59. The van der Waals surface area contributed by atoms with Gasteiger partial charge in [0.05, 0.1) is 18.2 Å². The number of hydrogen-bond acceptors (Lipinski definition) is 3. The normalized spacial score (nSPS) is 15.4. The van der Waals surface area contributed by atoms with Gasteiger partial charge in [0.1, 0.15) is 0 Å². The van der Waals surface area contributed by atoms with Crippen LogP contribution in [0.25, 0.3) is 11.3 Å². The number of aromatic amines is 1. The van der Waals surface area contributed by atoms with E-state index in [4.69, 9.17) is 0 Å². The van der Waals surface area contributed by atoms with Crippen LogP contribution in [0.15, 0.2) is 36.8 Å². The lowest BCUT2D eigenvalue weighted by Crippen LogP contribution is -2.40. The molecule has 6 heteroatoms. The number of anilines is 1. The zero-order chi connectivity index (χ0) is 16.2. The molecule has 2 heterocycles. The van der Waals surface area contributed by atoms with Gasteiger partial charge in [0, 0.05) is 31.6 Å². The highest BCUT2D eigenvalue weighted by molar-refractivity contribution is 5.93. The summed E-state index contributed by atoms with van der Waals surface area (Å²) in [5.74, 6) is 0.0821. The lowest BCUT2D eigenvalue weighted by molar-refractivity contribution is -0.132. The number of hydrogen-bond donors (Lipinski definition) is 2. The Morgan fingerprint density at radius 3 is 2.48 bits per heavy atom. The third-order valence-electron chi connectivity index (χ3n) is 4.27. The van der Waals surface area contributed by atoms with Crippen LogP contribution in [0, 0.1) is 5.92 Å². The van der Waals surface area contributed by atoms with E-state index in [1.54, 1.807) is 24.3 Å². The van der Waals surface area contributed by atoms with Gasteiger partial charge in [-0.25, -0.2) is 4.98 Å². The van der Waals surface area contributed by atoms with Crippen LogP contribution in [0.2, 0.25) is 0 Å². The summed E-state index contributed by atoms with van der Waals surface area (Å²) in [6.45, 7) is 2.89. The lowest BCUT2D eigenvalue weighted by Gasteiger charge is -2.30. The summed E-state index contributed by atoms with van der Waals surface area (Å²) < 4.78 is 0. The van der Waals surface area contributed by atoms with Crippen molar-refractivity contribution in [3.63, 3.8) is 0 Å². The number of rotatable bonds is 3. The molecule has 6 nitrogen and oxygen atoms in total. The smallest absolute Gasteiger partial charge is 0.227 e. The van der Waals surface area contributed by atoms with Crippen LogP contribution in [0.4, 0.5) is 5.69 Å². The van der Waals surface area contributed by atoms with Gasteiger partial charge in [0.15, 0.2) is 0 Å². The zero-order valence-corrected chi connectivity index (χ0v) is 13.1. The van der Waals surface area contributed by atoms with Crippen molar-refractivity contribution in [3.8, 4) is 11.3 Å². The fraction of sp³-hybridized carbons (Fsp3) is 0.353. The predicted octanol–water partition coefficient (Wildman–Crippen LogP) is 2.27. The topological polar surface area (TPSA) is 78.1 Å². The number of carbonyl (C=O) groups is 2. The Bertz CT molecular complexity index is 671. The fourth-order valence-electron chi connectivity index (χ4n) is 2.85. The number of likely N-dealkylation sites (tertiary alicyclic amines) is 1. The maximum Gasteiger partial charge on any atom is 0.227 e. The van der Waals surface area contributed by atoms with Crippen molar-refractivity contribution >= 4 is 17.5 Å². The van der Waals surface area contributed by atoms with Crippen LogP contribution in [-0.4, -0.2) is 39.8 Å². The van der Waals surface area contributed by atoms with Crippen LogP contribution in [0.3, 0.4) is 0 Å². The molecule has 1 fully saturated rings. The second-order valence-electron chi connectivity index (χ2n) is 5.81. The molecule has 0 atom stereocenters. The molecule has 1 aliphatic rings. The molecule has 1 saturated heterocycles. The molecule has 0 unspecified atom stereocenters. The number of aromatic nitrogens is 2. The Morgan fingerprint density at radius 1 is 1.22 bits per heavy atom. The first-order valence-electron chi connectivity index (χ1n) is 7.78. The number of amides is 2. The number of nitrogens with zero attached hydrogens (tertiary/aromatic N) is 2. The molecule has 0 aliphatic carbocycles. The van der Waals surface area contributed by atoms with Crippen molar-refractivity contribution < 1.29 is 9.59 Å². The average molecular weight is 312 g/mol. The molecule has 2 amide bonds. The van der Waals surface area contributed by atoms with Gasteiger partial charge in [-0.2, -0.15) is 0 Å². The minimum absolute atomic E-state index is 0.0297. The Morgan fingerprint density at radius 2 is 1.91 bits per heavy atom. The minimum atomic E-state index is -0.0297. The number of H-pyrrole nitrogens is 1. The van der Waals surface area contributed by atoms with E-state index in [0.29, 0.717) is 13.1 Å². The monoisotopic (exact) mass is 312 g/mol. The van der Waals surface area contributed by atoms with E-state index in [1.807, 2.05) is 24.3 Å². The first-order valence-corrected chi connectivity index (χ1v) is 7.78.